The van der Waals surface area contributed by atoms with Gasteiger partial charge in [0.05, 0.1) is 12.6 Å². The molecular weight excluding hydrogens is 195 g/mol. The molecule has 1 aromatic heterocycles. The first kappa shape index (κ1) is 10.4. The number of halogens is 1. The molecule has 2 unspecified atom stereocenters. The van der Waals surface area contributed by atoms with Crippen LogP contribution in [0.15, 0.2) is 18.3 Å². The second kappa shape index (κ2) is 4.14. The summed E-state index contributed by atoms with van der Waals surface area (Å²) in [6.45, 7) is 2.89. The zero-order chi connectivity index (χ0) is 10.8. The van der Waals surface area contributed by atoms with Crippen LogP contribution in [-0.2, 0) is 0 Å². The molecule has 0 aliphatic carbocycles. The highest BCUT2D eigenvalue weighted by Crippen LogP contribution is 2.29. The van der Waals surface area contributed by atoms with Crippen molar-refractivity contribution in [1.82, 2.24) is 4.98 Å². The molecule has 2 atom stereocenters. The van der Waals surface area contributed by atoms with E-state index in [1.54, 1.807) is 12.3 Å². The molecule has 82 valence electrons. The van der Waals surface area contributed by atoms with Gasteiger partial charge in [0.1, 0.15) is 0 Å². The number of aliphatic hydroxyl groups is 1. The van der Waals surface area contributed by atoms with E-state index in [0.717, 1.165) is 13.0 Å². The SMILES string of the molecule is CC1CCN(c2ncccc2F)C1CO. The molecule has 2 heterocycles. The summed E-state index contributed by atoms with van der Waals surface area (Å²) in [6, 6.07) is 2.97. The first-order chi connectivity index (χ1) is 7.24. The Morgan fingerprint density at radius 3 is 3.13 bits per heavy atom. The van der Waals surface area contributed by atoms with E-state index < -0.39 is 0 Å². The van der Waals surface area contributed by atoms with Crippen molar-refractivity contribution in [3.63, 3.8) is 0 Å². The van der Waals surface area contributed by atoms with Crippen LogP contribution < -0.4 is 4.90 Å². The Hall–Kier alpha value is -1.16. The minimum atomic E-state index is -0.315. The van der Waals surface area contributed by atoms with Gasteiger partial charge in [0.25, 0.3) is 0 Å². The second-order valence-corrected chi connectivity index (χ2v) is 4.02. The van der Waals surface area contributed by atoms with Crippen molar-refractivity contribution in [3.05, 3.63) is 24.1 Å². The molecule has 1 N–H and O–H groups in total. The van der Waals surface area contributed by atoms with Crippen LogP contribution in [-0.4, -0.2) is 29.3 Å². The third-order valence-corrected chi connectivity index (χ3v) is 3.08. The summed E-state index contributed by atoms with van der Waals surface area (Å²) in [4.78, 5) is 5.89. The summed E-state index contributed by atoms with van der Waals surface area (Å²) in [5, 5.41) is 9.27. The van der Waals surface area contributed by atoms with Crippen LogP contribution in [0, 0.1) is 11.7 Å². The maximum atomic E-state index is 13.5. The number of hydrogen-bond acceptors (Lipinski definition) is 3. The van der Waals surface area contributed by atoms with Crippen molar-refractivity contribution in [1.29, 1.82) is 0 Å². The van der Waals surface area contributed by atoms with Crippen LogP contribution in [0.3, 0.4) is 0 Å². The standard InChI is InChI=1S/C11H15FN2O/c1-8-4-6-14(10(8)7-15)11-9(12)3-2-5-13-11/h2-3,5,8,10,15H,4,6-7H2,1H3. The van der Waals surface area contributed by atoms with Crippen LogP contribution in [0.1, 0.15) is 13.3 Å². The number of nitrogens with zero attached hydrogens (tertiary/aromatic N) is 2. The fraction of sp³-hybridized carbons (Fsp3) is 0.545. The molecule has 1 saturated heterocycles. The summed E-state index contributed by atoms with van der Waals surface area (Å²) < 4.78 is 13.5. The molecule has 0 bridgehead atoms. The number of anilines is 1. The second-order valence-electron chi connectivity index (χ2n) is 4.02. The minimum absolute atomic E-state index is 0.00519. The maximum absolute atomic E-state index is 13.5. The summed E-state index contributed by atoms with van der Waals surface area (Å²) in [6.07, 6.45) is 2.55. The first-order valence-electron chi connectivity index (χ1n) is 5.22. The van der Waals surface area contributed by atoms with Crippen molar-refractivity contribution in [2.45, 2.75) is 19.4 Å². The Morgan fingerprint density at radius 1 is 1.67 bits per heavy atom. The van der Waals surface area contributed by atoms with Crippen LogP contribution >= 0.6 is 0 Å². The molecule has 0 radical (unpaired) electrons. The molecule has 1 aliphatic heterocycles. The fourth-order valence-electron chi connectivity index (χ4n) is 2.14. The quantitative estimate of drug-likeness (QED) is 0.802. The Kier molecular flexibility index (Phi) is 2.86. The normalized spacial score (nSPS) is 25.9. The van der Waals surface area contributed by atoms with Gasteiger partial charge in [0.2, 0.25) is 0 Å². The molecule has 1 aromatic rings. The number of aromatic nitrogens is 1. The predicted molar refractivity (Wildman–Crippen MR) is 56.2 cm³/mol. The fourth-order valence-corrected chi connectivity index (χ4v) is 2.14. The van der Waals surface area contributed by atoms with Crippen LogP contribution in [0.4, 0.5) is 10.2 Å². The van der Waals surface area contributed by atoms with Gasteiger partial charge in [-0.3, -0.25) is 0 Å². The average Bonchev–Trinajstić information content (AvgIpc) is 2.60. The molecule has 0 aromatic carbocycles. The topological polar surface area (TPSA) is 36.4 Å². The third-order valence-electron chi connectivity index (χ3n) is 3.08. The van der Waals surface area contributed by atoms with Gasteiger partial charge in [-0.2, -0.15) is 0 Å². The van der Waals surface area contributed by atoms with E-state index in [1.165, 1.54) is 6.07 Å². The van der Waals surface area contributed by atoms with E-state index in [9.17, 15) is 9.50 Å². The van der Waals surface area contributed by atoms with Crippen molar-refractivity contribution in [2.24, 2.45) is 5.92 Å². The summed E-state index contributed by atoms with van der Waals surface area (Å²) >= 11 is 0. The van der Waals surface area contributed by atoms with Gasteiger partial charge in [-0.25, -0.2) is 9.37 Å². The number of hydrogen-bond donors (Lipinski definition) is 1. The minimum Gasteiger partial charge on any atom is -0.394 e. The van der Waals surface area contributed by atoms with E-state index in [-0.39, 0.29) is 18.5 Å². The number of aliphatic hydroxyl groups excluding tert-OH is 1. The Balaban J connectivity index is 2.28. The van der Waals surface area contributed by atoms with Crippen molar-refractivity contribution in [2.75, 3.05) is 18.1 Å². The van der Waals surface area contributed by atoms with Crippen molar-refractivity contribution >= 4 is 5.82 Å². The van der Waals surface area contributed by atoms with E-state index in [0.29, 0.717) is 11.7 Å². The van der Waals surface area contributed by atoms with E-state index >= 15 is 0 Å². The lowest BCUT2D eigenvalue weighted by atomic mass is 10.0. The van der Waals surface area contributed by atoms with Crippen LogP contribution in [0.5, 0.6) is 0 Å². The number of pyridine rings is 1. The summed E-state index contributed by atoms with van der Waals surface area (Å²) in [7, 11) is 0. The molecule has 0 saturated carbocycles. The monoisotopic (exact) mass is 210 g/mol. The van der Waals surface area contributed by atoms with Crippen molar-refractivity contribution < 1.29 is 9.50 Å². The largest absolute Gasteiger partial charge is 0.394 e. The molecule has 4 heteroatoms. The van der Waals surface area contributed by atoms with Crippen molar-refractivity contribution in [3.8, 4) is 0 Å². The van der Waals surface area contributed by atoms with Gasteiger partial charge in [-0.15, -0.1) is 0 Å². The smallest absolute Gasteiger partial charge is 0.165 e. The highest BCUT2D eigenvalue weighted by molar-refractivity contribution is 5.42. The highest BCUT2D eigenvalue weighted by Gasteiger charge is 2.32. The molecule has 0 spiro atoms. The number of rotatable bonds is 2. The lowest BCUT2D eigenvalue weighted by Crippen LogP contribution is -2.36. The first-order valence-corrected chi connectivity index (χ1v) is 5.22. The Bertz CT molecular complexity index is 345. The lowest BCUT2D eigenvalue weighted by molar-refractivity contribution is 0.244. The van der Waals surface area contributed by atoms with Gasteiger partial charge in [0.15, 0.2) is 11.6 Å². The Morgan fingerprint density at radius 2 is 2.47 bits per heavy atom. The Labute approximate surface area is 88.6 Å². The lowest BCUT2D eigenvalue weighted by Gasteiger charge is -2.26. The molecule has 1 fully saturated rings. The van der Waals surface area contributed by atoms with Gasteiger partial charge < -0.3 is 10.0 Å². The van der Waals surface area contributed by atoms with Gasteiger partial charge in [0, 0.05) is 12.7 Å². The van der Waals surface area contributed by atoms with E-state index in [4.69, 9.17) is 0 Å². The highest BCUT2D eigenvalue weighted by atomic mass is 19.1. The summed E-state index contributed by atoms with van der Waals surface area (Å²) in [5.41, 5.74) is 0. The molecule has 1 aliphatic rings. The maximum Gasteiger partial charge on any atom is 0.165 e. The molecule has 3 nitrogen and oxygen atoms in total. The zero-order valence-electron chi connectivity index (χ0n) is 8.73. The van der Waals surface area contributed by atoms with E-state index in [2.05, 4.69) is 11.9 Å². The molecule has 2 rings (SSSR count). The molecule has 15 heavy (non-hydrogen) atoms. The van der Waals surface area contributed by atoms with Gasteiger partial charge >= 0.3 is 0 Å². The van der Waals surface area contributed by atoms with Crippen LogP contribution in [0.25, 0.3) is 0 Å². The molecule has 0 amide bonds. The molecular formula is C11H15FN2O. The van der Waals surface area contributed by atoms with Gasteiger partial charge in [-0.1, -0.05) is 6.92 Å². The van der Waals surface area contributed by atoms with Gasteiger partial charge in [-0.05, 0) is 24.5 Å². The summed E-state index contributed by atoms with van der Waals surface area (Å²) in [5.74, 6) is 0.433. The predicted octanol–water partition coefficient (Wildman–Crippen LogP) is 1.43. The third kappa shape index (κ3) is 1.81. The zero-order valence-corrected chi connectivity index (χ0v) is 8.73. The van der Waals surface area contributed by atoms with Crippen LogP contribution in [0.2, 0.25) is 0 Å². The van der Waals surface area contributed by atoms with E-state index in [1.807, 2.05) is 4.90 Å². The average molecular weight is 210 g/mol.